The third-order valence-corrected chi connectivity index (χ3v) is 4.64. The average molecular weight is 352 g/mol. The van der Waals surface area contributed by atoms with Gasteiger partial charge >= 0.3 is 0 Å². The number of nitrogens with zero attached hydrogens (tertiary/aromatic N) is 8. The Bertz CT molecular complexity index is 918. The summed E-state index contributed by atoms with van der Waals surface area (Å²) in [7, 11) is 0. The molecule has 1 aliphatic rings. The molecule has 8 nitrogen and oxygen atoms in total. The van der Waals surface area contributed by atoms with Gasteiger partial charge in [-0.05, 0) is 33.8 Å². The van der Waals surface area contributed by atoms with Crippen LogP contribution < -0.4 is 9.80 Å². The van der Waals surface area contributed by atoms with Gasteiger partial charge in [0.25, 0.3) is 0 Å². The quantitative estimate of drug-likeness (QED) is 0.698. The number of hydrogen-bond acceptors (Lipinski definition) is 7. The minimum absolute atomic E-state index is 0.114. The molecule has 0 spiro atoms. The van der Waals surface area contributed by atoms with E-state index < -0.39 is 0 Å². The lowest BCUT2D eigenvalue weighted by Crippen LogP contribution is -2.47. The highest BCUT2D eigenvalue weighted by molar-refractivity contribution is 5.87. The first-order valence-electron chi connectivity index (χ1n) is 8.92. The van der Waals surface area contributed by atoms with Crippen LogP contribution in [0.4, 0.5) is 11.6 Å². The van der Waals surface area contributed by atoms with Crippen molar-refractivity contribution in [3.63, 3.8) is 0 Å². The summed E-state index contributed by atoms with van der Waals surface area (Å²) in [6.45, 7) is 11.9. The Hall–Kier alpha value is -2.77. The lowest BCUT2D eigenvalue weighted by molar-refractivity contribution is 0.366. The molecule has 0 aliphatic carbocycles. The smallest absolute Gasteiger partial charge is 0.163 e. The normalized spacial score (nSPS) is 15.7. The van der Waals surface area contributed by atoms with Crippen LogP contribution in [0.2, 0.25) is 0 Å². The number of aryl methyl sites for hydroxylation is 1. The maximum Gasteiger partial charge on any atom is 0.163 e. The molecule has 1 fully saturated rings. The Morgan fingerprint density at radius 2 is 1.69 bits per heavy atom. The fourth-order valence-electron chi connectivity index (χ4n) is 3.34. The maximum absolute atomic E-state index is 4.56. The summed E-state index contributed by atoms with van der Waals surface area (Å²) in [6, 6.07) is 1.97. The number of rotatable bonds is 2. The van der Waals surface area contributed by atoms with E-state index in [-0.39, 0.29) is 5.54 Å². The van der Waals surface area contributed by atoms with Gasteiger partial charge in [0.2, 0.25) is 0 Å². The summed E-state index contributed by atoms with van der Waals surface area (Å²) in [5.41, 5.74) is 0.771. The standard InChI is InChI=1S/C18H24N8/c1-13-19-6-5-15(23-13)24-7-9-25(10-8-24)16-14-11-22-26(18(2,3)4)17(14)21-12-20-16/h5-6,11-12H,7-10H2,1-4H3. The second-order valence-electron chi connectivity index (χ2n) is 7.60. The van der Waals surface area contributed by atoms with E-state index in [0.717, 1.165) is 54.7 Å². The fourth-order valence-corrected chi connectivity index (χ4v) is 3.34. The predicted octanol–water partition coefficient (Wildman–Crippen LogP) is 2.01. The highest BCUT2D eigenvalue weighted by Gasteiger charge is 2.24. The van der Waals surface area contributed by atoms with Gasteiger partial charge in [-0.2, -0.15) is 5.10 Å². The topological polar surface area (TPSA) is 75.9 Å². The molecule has 3 aromatic rings. The number of piperazine rings is 1. The van der Waals surface area contributed by atoms with Crippen molar-refractivity contribution in [3.8, 4) is 0 Å². The van der Waals surface area contributed by atoms with Gasteiger partial charge in [-0.15, -0.1) is 0 Å². The molecule has 1 aliphatic heterocycles. The Kier molecular flexibility index (Phi) is 3.97. The lowest BCUT2D eigenvalue weighted by Gasteiger charge is -2.36. The molecule has 0 atom stereocenters. The van der Waals surface area contributed by atoms with E-state index in [9.17, 15) is 0 Å². The molecule has 8 heteroatoms. The zero-order valence-electron chi connectivity index (χ0n) is 15.7. The van der Waals surface area contributed by atoms with E-state index in [1.165, 1.54) is 0 Å². The molecule has 0 aromatic carbocycles. The summed E-state index contributed by atoms with van der Waals surface area (Å²) in [6.07, 6.45) is 5.34. The first kappa shape index (κ1) is 16.7. The van der Waals surface area contributed by atoms with Gasteiger partial charge in [-0.1, -0.05) is 0 Å². The molecule has 1 saturated heterocycles. The van der Waals surface area contributed by atoms with Gasteiger partial charge in [0.1, 0.15) is 23.8 Å². The highest BCUT2D eigenvalue weighted by Crippen LogP contribution is 2.27. The Labute approximate surface area is 152 Å². The van der Waals surface area contributed by atoms with Crippen molar-refractivity contribution in [2.45, 2.75) is 33.2 Å². The lowest BCUT2D eigenvalue weighted by atomic mass is 10.1. The highest BCUT2D eigenvalue weighted by atomic mass is 15.4. The minimum atomic E-state index is -0.114. The largest absolute Gasteiger partial charge is 0.353 e. The van der Waals surface area contributed by atoms with Gasteiger partial charge < -0.3 is 9.80 Å². The third-order valence-electron chi connectivity index (χ3n) is 4.64. The molecular weight excluding hydrogens is 328 g/mol. The SMILES string of the molecule is Cc1nccc(N2CCN(c3ncnc4c3cnn4C(C)(C)C)CC2)n1. The minimum Gasteiger partial charge on any atom is -0.353 e. The Morgan fingerprint density at radius 3 is 2.38 bits per heavy atom. The molecule has 0 unspecified atom stereocenters. The van der Waals surface area contributed by atoms with Crippen LogP contribution in [0.25, 0.3) is 11.0 Å². The first-order chi connectivity index (χ1) is 12.4. The summed E-state index contributed by atoms with van der Waals surface area (Å²) in [5, 5.41) is 5.56. The van der Waals surface area contributed by atoms with Gasteiger partial charge in [-0.3, -0.25) is 0 Å². The van der Waals surface area contributed by atoms with Crippen molar-refractivity contribution in [3.05, 3.63) is 30.6 Å². The zero-order chi connectivity index (χ0) is 18.3. The van der Waals surface area contributed by atoms with Crippen LogP contribution in [0.15, 0.2) is 24.8 Å². The first-order valence-corrected chi connectivity index (χ1v) is 8.92. The van der Waals surface area contributed by atoms with Crippen LogP contribution in [0.5, 0.6) is 0 Å². The molecule has 0 N–H and O–H groups in total. The van der Waals surface area contributed by atoms with E-state index in [1.54, 1.807) is 6.33 Å². The fraction of sp³-hybridized carbons (Fsp3) is 0.500. The monoisotopic (exact) mass is 352 g/mol. The van der Waals surface area contributed by atoms with Crippen molar-refractivity contribution < 1.29 is 0 Å². The zero-order valence-corrected chi connectivity index (χ0v) is 15.7. The molecule has 4 rings (SSSR count). The molecule has 3 aromatic heterocycles. The van der Waals surface area contributed by atoms with Crippen LogP contribution in [0.1, 0.15) is 26.6 Å². The second-order valence-corrected chi connectivity index (χ2v) is 7.60. The summed E-state index contributed by atoms with van der Waals surface area (Å²) < 4.78 is 1.97. The molecule has 26 heavy (non-hydrogen) atoms. The predicted molar refractivity (Wildman–Crippen MR) is 102 cm³/mol. The number of anilines is 2. The van der Waals surface area contributed by atoms with E-state index >= 15 is 0 Å². The van der Waals surface area contributed by atoms with Crippen LogP contribution in [-0.2, 0) is 5.54 Å². The van der Waals surface area contributed by atoms with Crippen LogP contribution in [0, 0.1) is 6.92 Å². The van der Waals surface area contributed by atoms with Crippen LogP contribution in [0.3, 0.4) is 0 Å². The second kappa shape index (κ2) is 6.19. The van der Waals surface area contributed by atoms with Crippen LogP contribution in [-0.4, -0.2) is 55.9 Å². The van der Waals surface area contributed by atoms with Crippen molar-refractivity contribution in [2.24, 2.45) is 0 Å². The summed E-state index contributed by atoms with van der Waals surface area (Å²) in [4.78, 5) is 22.3. The van der Waals surface area contributed by atoms with Gasteiger partial charge in [0, 0.05) is 32.4 Å². The number of hydrogen-bond donors (Lipinski definition) is 0. The van der Waals surface area contributed by atoms with E-state index in [0.29, 0.717) is 0 Å². The average Bonchev–Trinajstić information content (AvgIpc) is 3.06. The molecule has 0 amide bonds. The number of fused-ring (bicyclic) bond motifs is 1. The number of aromatic nitrogens is 6. The summed E-state index contributed by atoms with van der Waals surface area (Å²) in [5.74, 6) is 2.76. The molecule has 136 valence electrons. The van der Waals surface area contributed by atoms with Gasteiger partial charge in [0.05, 0.1) is 17.1 Å². The molecular formula is C18H24N8. The molecule has 0 radical (unpaired) electrons. The van der Waals surface area contributed by atoms with Gasteiger partial charge in [-0.25, -0.2) is 24.6 Å². The van der Waals surface area contributed by atoms with Crippen molar-refractivity contribution in [2.75, 3.05) is 36.0 Å². The maximum atomic E-state index is 4.56. The van der Waals surface area contributed by atoms with E-state index in [2.05, 4.69) is 55.6 Å². The van der Waals surface area contributed by atoms with Crippen molar-refractivity contribution >= 4 is 22.7 Å². The molecule has 4 heterocycles. The molecule has 0 bridgehead atoms. The Morgan fingerprint density at radius 1 is 0.962 bits per heavy atom. The van der Waals surface area contributed by atoms with Crippen molar-refractivity contribution in [1.29, 1.82) is 0 Å². The summed E-state index contributed by atoms with van der Waals surface area (Å²) >= 11 is 0. The van der Waals surface area contributed by atoms with E-state index in [1.807, 2.05) is 30.1 Å². The Balaban J connectivity index is 1.57. The molecule has 0 saturated carbocycles. The van der Waals surface area contributed by atoms with Gasteiger partial charge in [0.15, 0.2) is 5.65 Å². The van der Waals surface area contributed by atoms with Crippen molar-refractivity contribution in [1.82, 2.24) is 29.7 Å². The van der Waals surface area contributed by atoms with Crippen LogP contribution >= 0.6 is 0 Å². The van der Waals surface area contributed by atoms with E-state index in [4.69, 9.17) is 0 Å². The third kappa shape index (κ3) is 2.95.